The number of anilines is 2. The van der Waals surface area contributed by atoms with Crippen LogP contribution in [0.15, 0.2) is 39.8 Å². The molecule has 1 aliphatic rings. The molecule has 1 aromatic heterocycles. The summed E-state index contributed by atoms with van der Waals surface area (Å²) in [6.07, 6.45) is 2.00. The lowest BCUT2D eigenvalue weighted by Crippen LogP contribution is -2.30. The summed E-state index contributed by atoms with van der Waals surface area (Å²) in [5, 5.41) is 9.02. The van der Waals surface area contributed by atoms with Gasteiger partial charge in [-0.3, -0.25) is 4.72 Å². The molecule has 0 spiro atoms. The molecule has 0 saturated heterocycles. The molecule has 9 heteroatoms. The fourth-order valence-corrected chi connectivity index (χ4v) is 2.89. The lowest BCUT2D eigenvalue weighted by molar-refractivity contribution is 0.251. The topological polar surface area (TPSA) is 113 Å². The van der Waals surface area contributed by atoms with E-state index in [0.717, 1.165) is 12.8 Å². The second-order valence-electron chi connectivity index (χ2n) is 5.33. The van der Waals surface area contributed by atoms with E-state index in [1.807, 2.05) is 0 Å². The SMILES string of the molecule is Cc1cc(NS(=O)(=O)c2ccc(NC(=O)NC3CC3)cc2)no1. The Hall–Kier alpha value is -2.55. The van der Waals surface area contributed by atoms with Crippen LogP contribution >= 0.6 is 0 Å². The van der Waals surface area contributed by atoms with E-state index < -0.39 is 10.0 Å². The largest absolute Gasteiger partial charge is 0.360 e. The fourth-order valence-electron chi connectivity index (χ4n) is 1.91. The van der Waals surface area contributed by atoms with Gasteiger partial charge in [0.2, 0.25) is 0 Å². The Morgan fingerprint density at radius 2 is 1.96 bits per heavy atom. The standard InChI is InChI=1S/C14H16N4O4S/c1-9-8-13(17-22-9)18-23(20,21)12-6-4-11(5-7-12)16-14(19)15-10-2-3-10/h4-8,10H,2-3H2,1H3,(H,17,18)(H2,15,16,19). The molecule has 0 unspecified atom stereocenters. The van der Waals surface area contributed by atoms with Gasteiger partial charge in [0.25, 0.3) is 10.0 Å². The summed E-state index contributed by atoms with van der Waals surface area (Å²) in [5.41, 5.74) is 0.513. The maximum Gasteiger partial charge on any atom is 0.319 e. The summed E-state index contributed by atoms with van der Waals surface area (Å²) in [4.78, 5) is 11.7. The lowest BCUT2D eigenvalue weighted by Gasteiger charge is -2.08. The van der Waals surface area contributed by atoms with Gasteiger partial charge in [0.05, 0.1) is 4.90 Å². The number of nitrogens with zero attached hydrogens (tertiary/aromatic N) is 1. The predicted octanol–water partition coefficient (Wildman–Crippen LogP) is 2.07. The number of urea groups is 1. The van der Waals surface area contributed by atoms with Crippen LogP contribution in [-0.4, -0.2) is 25.6 Å². The number of hydrogen-bond acceptors (Lipinski definition) is 5. The molecule has 1 heterocycles. The summed E-state index contributed by atoms with van der Waals surface area (Å²) >= 11 is 0. The first kappa shape index (κ1) is 15.3. The highest BCUT2D eigenvalue weighted by Gasteiger charge is 2.23. The average Bonchev–Trinajstić information content (AvgIpc) is 3.20. The molecular weight excluding hydrogens is 320 g/mol. The zero-order valence-electron chi connectivity index (χ0n) is 12.4. The number of aromatic nitrogens is 1. The van der Waals surface area contributed by atoms with E-state index in [4.69, 9.17) is 4.52 Å². The van der Waals surface area contributed by atoms with Crippen LogP contribution in [0.4, 0.5) is 16.3 Å². The van der Waals surface area contributed by atoms with E-state index in [2.05, 4.69) is 20.5 Å². The fraction of sp³-hybridized carbons (Fsp3) is 0.286. The van der Waals surface area contributed by atoms with Gasteiger partial charge in [0.1, 0.15) is 5.76 Å². The van der Waals surface area contributed by atoms with Gasteiger partial charge < -0.3 is 15.2 Å². The number of benzene rings is 1. The zero-order valence-corrected chi connectivity index (χ0v) is 13.2. The van der Waals surface area contributed by atoms with Gasteiger partial charge in [-0.15, -0.1) is 0 Å². The van der Waals surface area contributed by atoms with Crippen molar-refractivity contribution in [3.63, 3.8) is 0 Å². The van der Waals surface area contributed by atoms with Gasteiger partial charge in [0.15, 0.2) is 5.82 Å². The highest BCUT2D eigenvalue weighted by Crippen LogP contribution is 2.20. The monoisotopic (exact) mass is 336 g/mol. The number of rotatable bonds is 5. The summed E-state index contributed by atoms with van der Waals surface area (Å²) in [6.45, 7) is 1.66. The molecule has 8 nitrogen and oxygen atoms in total. The van der Waals surface area contributed by atoms with Crippen LogP contribution in [0.25, 0.3) is 0 Å². The molecule has 3 N–H and O–H groups in total. The molecule has 1 saturated carbocycles. The number of hydrogen-bond donors (Lipinski definition) is 3. The minimum Gasteiger partial charge on any atom is -0.360 e. The number of amides is 2. The minimum atomic E-state index is -3.76. The molecule has 2 amide bonds. The molecule has 1 aliphatic carbocycles. The van der Waals surface area contributed by atoms with Gasteiger partial charge in [-0.2, -0.15) is 0 Å². The number of carbonyl (C=O) groups excluding carboxylic acids is 1. The lowest BCUT2D eigenvalue weighted by atomic mass is 10.3. The minimum absolute atomic E-state index is 0.0614. The Morgan fingerprint density at radius 3 is 2.52 bits per heavy atom. The third kappa shape index (κ3) is 4.01. The Balaban J connectivity index is 1.66. The number of aryl methyl sites for hydroxylation is 1. The number of sulfonamides is 1. The number of nitrogens with one attached hydrogen (secondary N) is 3. The maximum atomic E-state index is 12.2. The Morgan fingerprint density at radius 1 is 1.26 bits per heavy atom. The van der Waals surface area contributed by atoms with Crippen LogP contribution in [-0.2, 0) is 10.0 Å². The first-order valence-corrected chi connectivity index (χ1v) is 8.54. The molecule has 3 rings (SSSR count). The third-order valence-electron chi connectivity index (χ3n) is 3.20. The highest BCUT2D eigenvalue weighted by molar-refractivity contribution is 7.92. The third-order valence-corrected chi connectivity index (χ3v) is 4.57. The van der Waals surface area contributed by atoms with Crippen molar-refractivity contribution < 1.29 is 17.7 Å². The van der Waals surface area contributed by atoms with E-state index >= 15 is 0 Å². The molecular formula is C14H16N4O4S. The van der Waals surface area contributed by atoms with Crippen LogP contribution in [0, 0.1) is 6.92 Å². The van der Waals surface area contributed by atoms with Crippen LogP contribution < -0.4 is 15.4 Å². The van der Waals surface area contributed by atoms with Crippen LogP contribution in [0.3, 0.4) is 0 Å². The van der Waals surface area contributed by atoms with Crippen LogP contribution in [0.1, 0.15) is 18.6 Å². The average molecular weight is 336 g/mol. The first-order valence-electron chi connectivity index (χ1n) is 7.06. The van der Waals surface area contributed by atoms with Crippen molar-refractivity contribution in [1.29, 1.82) is 0 Å². The molecule has 23 heavy (non-hydrogen) atoms. The van der Waals surface area contributed by atoms with Crippen molar-refractivity contribution >= 4 is 27.6 Å². The first-order chi connectivity index (χ1) is 10.9. The van der Waals surface area contributed by atoms with Crippen molar-refractivity contribution in [3.05, 3.63) is 36.1 Å². The van der Waals surface area contributed by atoms with Gasteiger partial charge in [-0.1, -0.05) is 5.16 Å². The summed E-state index contributed by atoms with van der Waals surface area (Å²) < 4.78 is 31.5. The molecule has 122 valence electrons. The van der Waals surface area contributed by atoms with Gasteiger partial charge >= 0.3 is 6.03 Å². The van der Waals surface area contributed by atoms with Gasteiger partial charge in [-0.05, 0) is 44.0 Å². The predicted molar refractivity (Wildman–Crippen MR) is 83.7 cm³/mol. The Bertz CT molecular complexity index is 810. The maximum absolute atomic E-state index is 12.2. The van der Waals surface area contributed by atoms with Crippen LogP contribution in [0.5, 0.6) is 0 Å². The van der Waals surface area contributed by atoms with E-state index in [1.54, 1.807) is 6.92 Å². The van der Waals surface area contributed by atoms with Crippen molar-refractivity contribution in [2.45, 2.75) is 30.7 Å². The highest BCUT2D eigenvalue weighted by atomic mass is 32.2. The van der Waals surface area contributed by atoms with Gasteiger partial charge in [-0.25, -0.2) is 13.2 Å². The Kier molecular flexibility index (Phi) is 3.95. The zero-order chi connectivity index (χ0) is 16.4. The smallest absolute Gasteiger partial charge is 0.319 e. The number of carbonyl (C=O) groups is 1. The molecule has 2 aromatic rings. The normalized spacial score (nSPS) is 14.3. The second-order valence-corrected chi connectivity index (χ2v) is 7.01. The summed E-state index contributed by atoms with van der Waals surface area (Å²) in [5.74, 6) is 0.623. The molecule has 0 bridgehead atoms. The summed E-state index contributed by atoms with van der Waals surface area (Å²) in [6, 6.07) is 7.30. The van der Waals surface area contributed by atoms with E-state index in [0.29, 0.717) is 11.4 Å². The summed E-state index contributed by atoms with van der Waals surface area (Å²) in [7, 11) is -3.76. The molecule has 1 aromatic carbocycles. The van der Waals surface area contributed by atoms with E-state index in [1.165, 1.54) is 30.3 Å². The van der Waals surface area contributed by atoms with Crippen LogP contribution in [0.2, 0.25) is 0 Å². The molecule has 0 atom stereocenters. The molecule has 0 radical (unpaired) electrons. The van der Waals surface area contributed by atoms with Crippen molar-refractivity contribution in [1.82, 2.24) is 10.5 Å². The van der Waals surface area contributed by atoms with E-state index in [9.17, 15) is 13.2 Å². The molecule has 1 fully saturated rings. The van der Waals surface area contributed by atoms with Crippen molar-refractivity contribution in [2.75, 3.05) is 10.0 Å². The van der Waals surface area contributed by atoms with Crippen molar-refractivity contribution in [3.8, 4) is 0 Å². The van der Waals surface area contributed by atoms with Gasteiger partial charge in [0, 0.05) is 17.8 Å². The quantitative estimate of drug-likeness (QED) is 0.773. The van der Waals surface area contributed by atoms with Crippen molar-refractivity contribution in [2.24, 2.45) is 0 Å². The van der Waals surface area contributed by atoms with E-state index in [-0.39, 0.29) is 22.8 Å². The molecule has 0 aliphatic heterocycles. The Labute approximate surface area is 133 Å². The second kappa shape index (κ2) is 5.92.